The van der Waals surface area contributed by atoms with Gasteiger partial charge in [-0.15, -0.1) is 0 Å². The summed E-state index contributed by atoms with van der Waals surface area (Å²) in [4.78, 5) is 2.40. The summed E-state index contributed by atoms with van der Waals surface area (Å²) in [6, 6.07) is 10.3. The maximum Gasteiger partial charge on any atom is 0.276 e. The lowest BCUT2D eigenvalue weighted by molar-refractivity contribution is 0.254. The van der Waals surface area contributed by atoms with Crippen LogP contribution in [-0.2, 0) is 16.4 Å². The molecule has 2 aromatic rings. The lowest BCUT2D eigenvalue weighted by Crippen LogP contribution is -2.18. The van der Waals surface area contributed by atoms with E-state index in [0.717, 1.165) is 23.3 Å². The van der Waals surface area contributed by atoms with Gasteiger partial charge in [-0.05, 0) is 45.0 Å². The molecule has 0 aromatic heterocycles. The van der Waals surface area contributed by atoms with Crippen molar-refractivity contribution in [1.82, 2.24) is 4.83 Å². The quantitative estimate of drug-likeness (QED) is 0.623. The van der Waals surface area contributed by atoms with Gasteiger partial charge in [0, 0.05) is 17.5 Å². The van der Waals surface area contributed by atoms with Crippen LogP contribution in [0.15, 0.2) is 46.4 Å². The first kappa shape index (κ1) is 18.3. The van der Waals surface area contributed by atoms with Gasteiger partial charge >= 0.3 is 0 Å². The van der Waals surface area contributed by atoms with E-state index in [1.54, 1.807) is 24.3 Å². The summed E-state index contributed by atoms with van der Waals surface area (Å²) in [5, 5.41) is 3.90. The van der Waals surface area contributed by atoms with E-state index in [1.165, 1.54) is 6.21 Å². The largest absolute Gasteiger partial charge is 0.493 e. The summed E-state index contributed by atoms with van der Waals surface area (Å²) in [6.45, 7) is 6.30. The van der Waals surface area contributed by atoms with E-state index in [2.05, 4.69) is 9.93 Å². The van der Waals surface area contributed by atoms with Crippen molar-refractivity contribution < 1.29 is 17.9 Å². The molecule has 0 saturated heterocycles. The fraction of sp³-hybridized carbons (Fsp3) is 0.316. The highest BCUT2D eigenvalue weighted by Gasteiger charge is 2.21. The van der Waals surface area contributed by atoms with Crippen LogP contribution in [0.4, 0.5) is 0 Å². The zero-order valence-corrected chi connectivity index (χ0v) is 15.8. The van der Waals surface area contributed by atoms with E-state index in [9.17, 15) is 8.42 Å². The topological polar surface area (TPSA) is 77.0 Å². The number of benzene rings is 2. The van der Waals surface area contributed by atoms with Crippen LogP contribution in [0.2, 0.25) is 0 Å². The standard InChI is InChI=1S/C19H22N2O4S/c1-4-24-18-10-15-9-14(3)25-19(15)11-16(18)12-20-21-26(22,23)17-7-5-13(2)6-8-17/h5-8,10-12,14,21H,4,9H2,1-3H3/b20-12-/t14-/m1/s1. The summed E-state index contributed by atoms with van der Waals surface area (Å²) in [5.41, 5.74) is 2.73. The van der Waals surface area contributed by atoms with Gasteiger partial charge in [0.05, 0.1) is 17.7 Å². The number of fused-ring (bicyclic) bond motifs is 1. The smallest absolute Gasteiger partial charge is 0.276 e. The number of rotatable bonds is 6. The van der Waals surface area contributed by atoms with E-state index in [-0.39, 0.29) is 11.0 Å². The van der Waals surface area contributed by atoms with Crippen LogP contribution < -0.4 is 14.3 Å². The van der Waals surface area contributed by atoms with Gasteiger partial charge in [-0.25, -0.2) is 4.83 Å². The van der Waals surface area contributed by atoms with Crippen LogP contribution in [0.25, 0.3) is 0 Å². The number of nitrogens with zero attached hydrogens (tertiary/aromatic N) is 1. The fourth-order valence-electron chi connectivity index (χ4n) is 2.77. The SMILES string of the molecule is CCOc1cc2c(cc1/C=N\NS(=O)(=O)c1ccc(C)cc1)O[C@H](C)C2. The molecular formula is C19H22N2O4S. The molecule has 7 heteroatoms. The van der Waals surface area contributed by atoms with E-state index < -0.39 is 10.0 Å². The van der Waals surface area contributed by atoms with Crippen molar-refractivity contribution in [3.05, 3.63) is 53.1 Å². The number of hydrogen-bond donors (Lipinski definition) is 1. The molecule has 2 aromatic carbocycles. The van der Waals surface area contributed by atoms with Crippen molar-refractivity contribution in [2.75, 3.05) is 6.61 Å². The molecule has 1 aliphatic rings. The Balaban J connectivity index is 1.81. The minimum absolute atomic E-state index is 0.117. The van der Waals surface area contributed by atoms with Gasteiger partial charge in [0.1, 0.15) is 17.6 Å². The van der Waals surface area contributed by atoms with Crippen molar-refractivity contribution in [1.29, 1.82) is 0 Å². The van der Waals surface area contributed by atoms with Gasteiger partial charge in [-0.3, -0.25) is 0 Å². The van der Waals surface area contributed by atoms with Crippen LogP contribution in [-0.4, -0.2) is 27.3 Å². The van der Waals surface area contributed by atoms with Crippen molar-refractivity contribution in [2.24, 2.45) is 5.10 Å². The van der Waals surface area contributed by atoms with Crippen LogP contribution in [0, 0.1) is 6.92 Å². The van der Waals surface area contributed by atoms with Crippen molar-refractivity contribution in [2.45, 2.75) is 38.2 Å². The van der Waals surface area contributed by atoms with E-state index in [1.807, 2.05) is 32.9 Å². The molecule has 0 amide bonds. The van der Waals surface area contributed by atoms with Gasteiger partial charge in [0.2, 0.25) is 0 Å². The minimum Gasteiger partial charge on any atom is -0.493 e. The summed E-state index contributed by atoms with van der Waals surface area (Å²) < 4.78 is 36.0. The van der Waals surface area contributed by atoms with Crippen LogP contribution in [0.5, 0.6) is 11.5 Å². The fourth-order valence-corrected chi connectivity index (χ4v) is 3.56. The third-order valence-corrected chi connectivity index (χ3v) is 5.27. The number of hydrogen-bond acceptors (Lipinski definition) is 5. The third-order valence-electron chi connectivity index (χ3n) is 4.04. The minimum atomic E-state index is -3.71. The number of ether oxygens (including phenoxy) is 2. The monoisotopic (exact) mass is 374 g/mol. The highest BCUT2D eigenvalue weighted by atomic mass is 32.2. The highest BCUT2D eigenvalue weighted by molar-refractivity contribution is 7.89. The summed E-state index contributed by atoms with van der Waals surface area (Å²) >= 11 is 0. The maximum atomic E-state index is 12.3. The van der Waals surface area contributed by atoms with Crippen LogP contribution in [0.3, 0.4) is 0 Å². The van der Waals surface area contributed by atoms with Gasteiger partial charge in [0.15, 0.2) is 0 Å². The number of nitrogens with one attached hydrogen (secondary N) is 1. The van der Waals surface area contributed by atoms with Crippen LogP contribution in [0.1, 0.15) is 30.5 Å². The van der Waals surface area contributed by atoms with Crippen molar-refractivity contribution in [3.8, 4) is 11.5 Å². The summed E-state index contributed by atoms with van der Waals surface area (Å²) in [7, 11) is -3.71. The molecule has 1 heterocycles. The Morgan fingerprint density at radius 1 is 1.31 bits per heavy atom. The van der Waals surface area contributed by atoms with Gasteiger partial charge < -0.3 is 9.47 Å². The molecule has 6 nitrogen and oxygen atoms in total. The molecule has 0 unspecified atom stereocenters. The molecule has 1 N–H and O–H groups in total. The Bertz CT molecular complexity index is 921. The molecule has 1 atom stereocenters. The Labute approximate surface area is 153 Å². The van der Waals surface area contributed by atoms with E-state index >= 15 is 0 Å². The normalized spacial score (nSPS) is 16.3. The Kier molecular flexibility index (Phi) is 5.18. The second kappa shape index (κ2) is 7.37. The molecule has 138 valence electrons. The molecule has 0 bridgehead atoms. The predicted molar refractivity (Wildman–Crippen MR) is 100 cm³/mol. The van der Waals surface area contributed by atoms with Crippen molar-refractivity contribution >= 4 is 16.2 Å². The maximum absolute atomic E-state index is 12.3. The van der Waals surface area contributed by atoms with Crippen LogP contribution >= 0.6 is 0 Å². The van der Waals surface area contributed by atoms with Gasteiger partial charge in [-0.1, -0.05) is 17.7 Å². The average molecular weight is 374 g/mol. The predicted octanol–water partition coefficient (Wildman–Crippen LogP) is 3.03. The first-order chi connectivity index (χ1) is 12.4. The molecule has 0 spiro atoms. The van der Waals surface area contributed by atoms with Gasteiger partial charge in [0.25, 0.3) is 10.0 Å². The number of aryl methyl sites for hydroxylation is 1. The number of hydrazone groups is 1. The summed E-state index contributed by atoms with van der Waals surface area (Å²) in [6.07, 6.45) is 2.38. The first-order valence-corrected chi connectivity index (χ1v) is 9.95. The Morgan fingerprint density at radius 3 is 2.73 bits per heavy atom. The van der Waals surface area contributed by atoms with Crippen molar-refractivity contribution in [3.63, 3.8) is 0 Å². The molecule has 0 aliphatic carbocycles. The third kappa shape index (κ3) is 3.99. The second-order valence-corrected chi connectivity index (χ2v) is 7.89. The molecule has 26 heavy (non-hydrogen) atoms. The zero-order valence-electron chi connectivity index (χ0n) is 15.0. The molecular weight excluding hydrogens is 352 g/mol. The van der Waals surface area contributed by atoms with E-state index in [0.29, 0.717) is 17.9 Å². The van der Waals surface area contributed by atoms with Gasteiger partial charge in [-0.2, -0.15) is 13.5 Å². The average Bonchev–Trinajstić information content (AvgIpc) is 2.94. The molecule has 0 radical (unpaired) electrons. The molecule has 0 fully saturated rings. The lowest BCUT2D eigenvalue weighted by atomic mass is 10.1. The highest BCUT2D eigenvalue weighted by Crippen LogP contribution is 2.34. The second-order valence-electron chi connectivity index (χ2n) is 6.23. The molecule has 0 saturated carbocycles. The van der Waals surface area contributed by atoms with E-state index in [4.69, 9.17) is 9.47 Å². The molecule has 3 rings (SSSR count). The zero-order chi connectivity index (χ0) is 18.7. The Hall–Kier alpha value is -2.54. The summed E-state index contributed by atoms with van der Waals surface area (Å²) in [5.74, 6) is 1.44. The number of sulfonamides is 1. The lowest BCUT2D eigenvalue weighted by Gasteiger charge is -2.10. The Morgan fingerprint density at radius 2 is 2.04 bits per heavy atom. The first-order valence-electron chi connectivity index (χ1n) is 8.47. The molecule has 1 aliphatic heterocycles.